The van der Waals surface area contributed by atoms with E-state index in [4.69, 9.17) is 9.47 Å². The van der Waals surface area contributed by atoms with Crippen molar-refractivity contribution in [2.75, 3.05) is 6.61 Å². The monoisotopic (exact) mass is 291 g/mol. The Morgan fingerprint density at radius 3 is 2.71 bits per heavy atom. The first-order chi connectivity index (χ1) is 10.1. The molecule has 0 spiro atoms. The molecule has 21 heavy (non-hydrogen) atoms. The maximum Gasteiger partial charge on any atom is 0.336 e. The van der Waals surface area contributed by atoms with Crippen LogP contribution in [-0.4, -0.2) is 30.7 Å². The number of rotatable bonds is 5. The fraction of sp³-hybridized carbons (Fsp3) is 0.500. The number of benzene rings is 1. The zero-order valence-corrected chi connectivity index (χ0v) is 12.4. The van der Waals surface area contributed by atoms with Gasteiger partial charge in [-0.3, -0.25) is 4.79 Å². The molecule has 2 atom stereocenters. The number of carbonyl (C=O) groups is 2. The summed E-state index contributed by atoms with van der Waals surface area (Å²) in [5.74, 6) is -0.757. The van der Waals surface area contributed by atoms with E-state index in [1.54, 1.807) is 6.92 Å². The zero-order chi connectivity index (χ0) is 15.2. The minimum atomic E-state index is -0.813. The Morgan fingerprint density at radius 1 is 1.38 bits per heavy atom. The van der Waals surface area contributed by atoms with Gasteiger partial charge in [0.25, 0.3) is 5.91 Å². The number of aryl methyl sites for hydroxylation is 1. The Labute approximate surface area is 124 Å². The molecule has 0 radical (unpaired) electrons. The van der Waals surface area contributed by atoms with E-state index in [-0.39, 0.29) is 5.91 Å². The van der Waals surface area contributed by atoms with Crippen LogP contribution >= 0.6 is 0 Å². The lowest BCUT2D eigenvalue weighted by molar-refractivity contribution is -0.163. The molecule has 2 rings (SSSR count). The summed E-state index contributed by atoms with van der Waals surface area (Å²) in [6.45, 7) is 4.57. The third-order valence-corrected chi connectivity index (χ3v) is 3.44. The van der Waals surface area contributed by atoms with Crippen LogP contribution in [0, 0.1) is 6.92 Å². The lowest BCUT2D eigenvalue weighted by atomic mass is 10.1. The Kier molecular flexibility index (Phi) is 5.33. The number of amides is 1. The molecule has 1 heterocycles. The summed E-state index contributed by atoms with van der Waals surface area (Å²) >= 11 is 0. The third kappa shape index (κ3) is 4.56. The van der Waals surface area contributed by atoms with Gasteiger partial charge in [0, 0.05) is 13.2 Å². The van der Waals surface area contributed by atoms with Crippen LogP contribution in [0.5, 0.6) is 0 Å². The van der Waals surface area contributed by atoms with Gasteiger partial charge in [-0.25, -0.2) is 4.79 Å². The Balaban J connectivity index is 1.76. The number of ether oxygens (including phenoxy) is 2. The van der Waals surface area contributed by atoms with Gasteiger partial charge in [0.2, 0.25) is 0 Å². The molecule has 0 saturated carbocycles. The molecule has 1 N–H and O–H groups in total. The first-order valence-corrected chi connectivity index (χ1v) is 7.21. The smallest absolute Gasteiger partial charge is 0.336 e. The number of hydrogen-bond donors (Lipinski definition) is 1. The predicted molar refractivity (Wildman–Crippen MR) is 77.6 cm³/mol. The molecular weight excluding hydrogens is 270 g/mol. The van der Waals surface area contributed by atoms with E-state index in [0.717, 1.165) is 12.0 Å². The van der Waals surface area contributed by atoms with Crippen LogP contribution in [0.3, 0.4) is 0 Å². The van der Waals surface area contributed by atoms with Crippen LogP contribution in [0.4, 0.5) is 0 Å². The van der Waals surface area contributed by atoms with Crippen LogP contribution in [0.2, 0.25) is 0 Å². The van der Waals surface area contributed by atoms with Crippen LogP contribution in [0.25, 0.3) is 0 Å². The van der Waals surface area contributed by atoms with Crippen LogP contribution < -0.4 is 5.32 Å². The van der Waals surface area contributed by atoms with Crippen LogP contribution in [0.15, 0.2) is 24.3 Å². The van der Waals surface area contributed by atoms with Crippen molar-refractivity contribution in [3.8, 4) is 0 Å². The summed E-state index contributed by atoms with van der Waals surface area (Å²) < 4.78 is 10.4. The number of carbonyl (C=O) groups excluding carboxylic acids is 2. The van der Waals surface area contributed by atoms with E-state index < -0.39 is 18.2 Å². The van der Waals surface area contributed by atoms with Gasteiger partial charge in [-0.15, -0.1) is 0 Å². The van der Waals surface area contributed by atoms with Gasteiger partial charge in [-0.05, 0) is 32.3 Å². The second-order valence-corrected chi connectivity index (χ2v) is 5.28. The van der Waals surface area contributed by atoms with Crippen molar-refractivity contribution in [2.24, 2.45) is 0 Å². The highest BCUT2D eigenvalue weighted by atomic mass is 16.6. The maximum atomic E-state index is 11.9. The third-order valence-electron chi connectivity index (χ3n) is 3.44. The zero-order valence-electron chi connectivity index (χ0n) is 12.4. The fourth-order valence-electron chi connectivity index (χ4n) is 2.11. The van der Waals surface area contributed by atoms with E-state index in [1.807, 2.05) is 31.2 Å². The fourth-order valence-corrected chi connectivity index (χ4v) is 2.11. The van der Waals surface area contributed by atoms with Crippen molar-refractivity contribution in [3.05, 3.63) is 35.4 Å². The molecule has 1 amide bonds. The molecule has 5 nitrogen and oxygen atoms in total. The Morgan fingerprint density at radius 2 is 2.10 bits per heavy atom. The second-order valence-electron chi connectivity index (χ2n) is 5.28. The molecule has 0 bridgehead atoms. The molecule has 5 heteroatoms. The maximum absolute atomic E-state index is 11.9. The predicted octanol–water partition coefficient (Wildman–Crippen LogP) is 1.72. The van der Waals surface area contributed by atoms with E-state index in [9.17, 15) is 9.59 Å². The normalized spacial score (nSPS) is 19.0. The standard InChI is InChI=1S/C16H21NO4/c1-11-5-7-13(8-6-11)10-17-15(18)12(2)21-16(19)14-4-3-9-20-14/h5-8,12,14H,3-4,9-10H2,1-2H3,(H,17,18)/t12-,14+/m1/s1. The van der Waals surface area contributed by atoms with Gasteiger partial charge < -0.3 is 14.8 Å². The summed E-state index contributed by atoms with van der Waals surface area (Å²) in [4.78, 5) is 23.6. The van der Waals surface area contributed by atoms with Crippen molar-refractivity contribution < 1.29 is 19.1 Å². The molecule has 1 aliphatic rings. The Bertz CT molecular complexity index is 492. The van der Waals surface area contributed by atoms with Gasteiger partial charge in [0.05, 0.1) is 0 Å². The largest absolute Gasteiger partial charge is 0.451 e. The molecule has 1 aromatic rings. The SMILES string of the molecule is Cc1ccc(CNC(=O)[C@@H](C)OC(=O)[C@@H]2CCCO2)cc1. The van der Waals surface area contributed by atoms with E-state index in [1.165, 1.54) is 5.56 Å². The highest BCUT2D eigenvalue weighted by Crippen LogP contribution is 2.14. The molecule has 114 valence electrons. The van der Waals surface area contributed by atoms with Crippen molar-refractivity contribution in [1.29, 1.82) is 0 Å². The second kappa shape index (κ2) is 7.22. The van der Waals surface area contributed by atoms with Crippen LogP contribution in [0.1, 0.15) is 30.9 Å². The summed E-state index contributed by atoms with van der Waals surface area (Å²) in [5.41, 5.74) is 2.18. The summed E-state index contributed by atoms with van der Waals surface area (Å²) in [7, 11) is 0. The molecule has 1 aliphatic heterocycles. The minimum absolute atomic E-state index is 0.304. The summed E-state index contributed by atoms with van der Waals surface area (Å²) in [6.07, 6.45) is 0.189. The minimum Gasteiger partial charge on any atom is -0.451 e. The van der Waals surface area contributed by atoms with Crippen molar-refractivity contribution >= 4 is 11.9 Å². The molecule has 0 aliphatic carbocycles. The first kappa shape index (κ1) is 15.5. The molecule has 0 unspecified atom stereocenters. The lowest BCUT2D eigenvalue weighted by Gasteiger charge is -2.16. The van der Waals surface area contributed by atoms with Crippen molar-refractivity contribution in [3.63, 3.8) is 0 Å². The van der Waals surface area contributed by atoms with Gasteiger partial charge >= 0.3 is 5.97 Å². The molecule has 1 aromatic carbocycles. The molecule has 1 saturated heterocycles. The van der Waals surface area contributed by atoms with Crippen LogP contribution in [-0.2, 0) is 25.6 Å². The summed E-state index contributed by atoms with van der Waals surface area (Å²) in [5, 5.41) is 2.76. The number of esters is 1. The molecule has 0 aromatic heterocycles. The lowest BCUT2D eigenvalue weighted by Crippen LogP contribution is -2.37. The van der Waals surface area contributed by atoms with E-state index in [0.29, 0.717) is 19.6 Å². The highest BCUT2D eigenvalue weighted by Gasteiger charge is 2.28. The quantitative estimate of drug-likeness (QED) is 0.839. The first-order valence-electron chi connectivity index (χ1n) is 7.21. The molecule has 1 fully saturated rings. The van der Waals surface area contributed by atoms with Crippen molar-refractivity contribution in [2.45, 2.75) is 45.4 Å². The number of hydrogen-bond acceptors (Lipinski definition) is 4. The number of nitrogens with one attached hydrogen (secondary N) is 1. The van der Waals surface area contributed by atoms with E-state index in [2.05, 4.69) is 5.32 Å². The van der Waals surface area contributed by atoms with Crippen molar-refractivity contribution in [1.82, 2.24) is 5.32 Å². The van der Waals surface area contributed by atoms with E-state index >= 15 is 0 Å². The van der Waals surface area contributed by atoms with Gasteiger partial charge in [-0.2, -0.15) is 0 Å². The topological polar surface area (TPSA) is 64.6 Å². The Hall–Kier alpha value is -1.88. The molecular formula is C16H21NO4. The highest BCUT2D eigenvalue weighted by molar-refractivity contribution is 5.84. The van der Waals surface area contributed by atoms with Gasteiger partial charge in [-0.1, -0.05) is 29.8 Å². The van der Waals surface area contributed by atoms with Gasteiger partial charge in [0.15, 0.2) is 12.2 Å². The summed E-state index contributed by atoms with van der Waals surface area (Å²) in [6, 6.07) is 7.89. The average molecular weight is 291 g/mol. The average Bonchev–Trinajstić information content (AvgIpc) is 3.00. The van der Waals surface area contributed by atoms with Gasteiger partial charge in [0.1, 0.15) is 0 Å².